The van der Waals surface area contributed by atoms with Crippen LogP contribution in [0.15, 0.2) is 17.0 Å². The highest BCUT2D eigenvalue weighted by atomic mass is 127. The van der Waals surface area contributed by atoms with Crippen molar-refractivity contribution in [3.8, 4) is 11.5 Å². The summed E-state index contributed by atoms with van der Waals surface area (Å²) in [7, 11) is 1.53. The lowest BCUT2D eigenvalue weighted by Gasteiger charge is -2.17. The third-order valence-corrected chi connectivity index (χ3v) is 5.08. The number of imide groups is 1. The van der Waals surface area contributed by atoms with Crippen molar-refractivity contribution in [3.63, 3.8) is 0 Å². The van der Waals surface area contributed by atoms with Gasteiger partial charge in [0, 0.05) is 7.11 Å². The summed E-state index contributed by atoms with van der Waals surface area (Å²) in [6.45, 7) is 6.88. The lowest BCUT2D eigenvalue weighted by Crippen LogP contribution is -2.31. The van der Waals surface area contributed by atoms with Crippen LogP contribution in [-0.4, -0.2) is 49.0 Å². The van der Waals surface area contributed by atoms with Crippen molar-refractivity contribution in [2.45, 2.75) is 26.9 Å². The molecule has 0 radical (unpaired) electrons. The van der Waals surface area contributed by atoms with Gasteiger partial charge in [-0.2, -0.15) is 0 Å². The van der Waals surface area contributed by atoms with E-state index in [0.717, 1.165) is 20.9 Å². The zero-order valence-corrected chi connectivity index (χ0v) is 18.2. The highest BCUT2D eigenvalue weighted by Gasteiger charge is 2.34. The standard InChI is InChI=1S/C18H22INO5S/c1-5-24-14-9-12(8-13(19)16(14)25-11(2)3)10-15-17(21)20(6-7-23-4)18(22)26-15/h8-11H,5-7H2,1-4H3/b15-10+. The van der Waals surface area contributed by atoms with E-state index in [1.54, 1.807) is 6.08 Å². The summed E-state index contributed by atoms with van der Waals surface area (Å²) >= 11 is 3.12. The summed E-state index contributed by atoms with van der Waals surface area (Å²) in [5.41, 5.74) is 0.784. The van der Waals surface area contributed by atoms with Crippen LogP contribution in [-0.2, 0) is 9.53 Å². The van der Waals surface area contributed by atoms with Gasteiger partial charge in [-0.25, -0.2) is 0 Å². The number of thioether (sulfide) groups is 1. The molecule has 0 N–H and O–H groups in total. The fraction of sp³-hybridized carbons (Fsp3) is 0.444. The molecule has 1 aromatic rings. The van der Waals surface area contributed by atoms with Crippen LogP contribution >= 0.6 is 34.4 Å². The van der Waals surface area contributed by atoms with E-state index < -0.39 is 0 Å². The highest BCUT2D eigenvalue weighted by molar-refractivity contribution is 14.1. The van der Waals surface area contributed by atoms with E-state index in [-0.39, 0.29) is 23.8 Å². The van der Waals surface area contributed by atoms with E-state index in [9.17, 15) is 9.59 Å². The molecule has 1 aromatic carbocycles. The van der Waals surface area contributed by atoms with Crippen LogP contribution in [0, 0.1) is 3.57 Å². The molecule has 0 bridgehead atoms. The van der Waals surface area contributed by atoms with Gasteiger partial charge in [-0.05, 0) is 78.9 Å². The van der Waals surface area contributed by atoms with Crippen molar-refractivity contribution < 1.29 is 23.8 Å². The molecule has 0 aromatic heterocycles. The van der Waals surface area contributed by atoms with Gasteiger partial charge in [-0.15, -0.1) is 0 Å². The molecule has 1 aliphatic rings. The van der Waals surface area contributed by atoms with Crippen molar-refractivity contribution in [2.24, 2.45) is 0 Å². The third kappa shape index (κ3) is 5.14. The summed E-state index contributed by atoms with van der Waals surface area (Å²) in [6, 6.07) is 3.73. The summed E-state index contributed by atoms with van der Waals surface area (Å²) in [6.07, 6.45) is 1.73. The second kappa shape index (κ2) is 9.61. The van der Waals surface area contributed by atoms with Crippen LogP contribution in [0.4, 0.5) is 4.79 Å². The minimum Gasteiger partial charge on any atom is -0.490 e. The Morgan fingerprint density at radius 1 is 1.31 bits per heavy atom. The first-order valence-electron chi connectivity index (χ1n) is 8.24. The van der Waals surface area contributed by atoms with Gasteiger partial charge in [0.15, 0.2) is 11.5 Å². The number of amides is 2. The van der Waals surface area contributed by atoms with Crippen LogP contribution < -0.4 is 9.47 Å². The SMILES string of the molecule is CCOc1cc(/C=C2/SC(=O)N(CCOC)C2=O)cc(I)c1OC(C)C. The normalized spacial score (nSPS) is 16.1. The molecule has 1 aliphatic heterocycles. The molecular weight excluding hydrogens is 469 g/mol. The van der Waals surface area contributed by atoms with Crippen LogP contribution in [0.1, 0.15) is 26.3 Å². The molecule has 1 saturated heterocycles. The van der Waals surface area contributed by atoms with E-state index >= 15 is 0 Å². The highest BCUT2D eigenvalue weighted by Crippen LogP contribution is 2.37. The van der Waals surface area contributed by atoms with Crippen LogP contribution in [0.2, 0.25) is 0 Å². The molecule has 6 nitrogen and oxygen atoms in total. The van der Waals surface area contributed by atoms with Gasteiger partial charge in [0.1, 0.15) is 0 Å². The first-order valence-corrected chi connectivity index (χ1v) is 10.1. The summed E-state index contributed by atoms with van der Waals surface area (Å²) < 4.78 is 17.4. The Bertz CT molecular complexity index is 720. The number of benzene rings is 1. The minimum atomic E-state index is -0.299. The third-order valence-electron chi connectivity index (χ3n) is 3.38. The Morgan fingerprint density at radius 2 is 2.04 bits per heavy atom. The number of rotatable bonds is 8. The van der Waals surface area contributed by atoms with Crippen molar-refractivity contribution in [1.29, 1.82) is 0 Å². The van der Waals surface area contributed by atoms with Crippen molar-refractivity contribution >= 4 is 51.6 Å². The van der Waals surface area contributed by atoms with Crippen molar-refractivity contribution in [3.05, 3.63) is 26.2 Å². The largest absolute Gasteiger partial charge is 0.490 e. The maximum Gasteiger partial charge on any atom is 0.293 e. The first-order chi connectivity index (χ1) is 12.4. The molecule has 0 unspecified atom stereocenters. The number of hydrogen-bond acceptors (Lipinski definition) is 6. The van der Waals surface area contributed by atoms with E-state index in [2.05, 4.69) is 22.6 Å². The van der Waals surface area contributed by atoms with Crippen LogP contribution in [0.3, 0.4) is 0 Å². The summed E-state index contributed by atoms with van der Waals surface area (Å²) in [5.74, 6) is 1.01. The van der Waals surface area contributed by atoms with Gasteiger partial charge in [-0.1, -0.05) is 0 Å². The fourth-order valence-electron chi connectivity index (χ4n) is 2.31. The maximum atomic E-state index is 12.4. The molecule has 0 spiro atoms. The zero-order chi connectivity index (χ0) is 19.3. The van der Waals surface area contributed by atoms with E-state index in [1.165, 1.54) is 12.0 Å². The molecule has 26 heavy (non-hydrogen) atoms. The number of nitrogens with zero attached hydrogens (tertiary/aromatic N) is 1. The number of methoxy groups -OCH3 is 1. The molecule has 2 rings (SSSR count). The molecule has 1 heterocycles. The van der Waals surface area contributed by atoms with Crippen molar-refractivity contribution in [1.82, 2.24) is 4.90 Å². The molecule has 2 amide bonds. The Balaban J connectivity index is 2.32. The van der Waals surface area contributed by atoms with Crippen molar-refractivity contribution in [2.75, 3.05) is 26.9 Å². The second-order valence-electron chi connectivity index (χ2n) is 5.76. The van der Waals surface area contributed by atoms with Gasteiger partial charge in [0.05, 0.1) is 34.3 Å². The second-order valence-corrected chi connectivity index (χ2v) is 7.91. The van der Waals surface area contributed by atoms with Gasteiger partial charge in [0.25, 0.3) is 11.1 Å². The smallest absolute Gasteiger partial charge is 0.293 e. The minimum absolute atomic E-state index is 0.0193. The number of carbonyl (C=O) groups excluding carboxylic acids is 2. The topological polar surface area (TPSA) is 65.1 Å². The van der Waals surface area contributed by atoms with Crippen LogP contribution in [0.25, 0.3) is 6.08 Å². The van der Waals surface area contributed by atoms with Gasteiger partial charge in [-0.3, -0.25) is 14.5 Å². The lowest BCUT2D eigenvalue weighted by atomic mass is 10.1. The average molecular weight is 491 g/mol. The van der Waals surface area contributed by atoms with Gasteiger partial charge < -0.3 is 14.2 Å². The summed E-state index contributed by atoms with van der Waals surface area (Å²) in [4.78, 5) is 26.1. The van der Waals surface area contributed by atoms with Gasteiger partial charge >= 0.3 is 0 Å². The molecular formula is C18H22INO5S. The molecule has 8 heteroatoms. The number of hydrogen-bond donors (Lipinski definition) is 0. The Kier molecular flexibility index (Phi) is 7.78. The van der Waals surface area contributed by atoms with E-state index in [1.807, 2.05) is 32.9 Å². The van der Waals surface area contributed by atoms with E-state index in [4.69, 9.17) is 14.2 Å². The zero-order valence-electron chi connectivity index (χ0n) is 15.2. The summed E-state index contributed by atoms with van der Waals surface area (Å²) in [5, 5.41) is -0.280. The Labute approximate surface area is 171 Å². The molecule has 1 fully saturated rings. The Hall–Kier alpha value is -1.26. The molecule has 0 saturated carbocycles. The van der Waals surface area contributed by atoms with Crippen LogP contribution in [0.5, 0.6) is 11.5 Å². The van der Waals surface area contributed by atoms with E-state index in [0.29, 0.717) is 29.6 Å². The molecule has 0 aliphatic carbocycles. The first kappa shape index (κ1) is 21.0. The molecule has 142 valence electrons. The quantitative estimate of drug-likeness (QED) is 0.402. The average Bonchev–Trinajstić information content (AvgIpc) is 2.82. The number of carbonyl (C=O) groups is 2. The Morgan fingerprint density at radius 3 is 2.65 bits per heavy atom. The monoisotopic (exact) mass is 491 g/mol. The lowest BCUT2D eigenvalue weighted by molar-refractivity contribution is -0.123. The fourth-order valence-corrected chi connectivity index (χ4v) is 3.93. The predicted octanol–water partition coefficient (Wildman–Crippen LogP) is 4.16. The maximum absolute atomic E-state index is 12.4. The number of halogens is 1. The predicted molar refractivity (Wildman–Crippen MR) is 111 cm³/mol. The van der Waals surface area contributed by atoms with Gasteiger partial charge in [0.2, 0.25) is 0 Å². The number of ether oxygens (including phenoxy) is 3. The molecule has 0 atom stereocenters.